The van der Waals surface area contributed by atoms with Gasteiger partial charge in [-0.1, -0.05) is 41.9 Å². The molecular formula is C22H22ClN3O6. The van der Waals surface area contributed by atoms with Crippen molar-refractivity contribution < 1.29 is 24.0 Å². The molecule has 0 bridgehead atoms. The standard InChI is InChI=1S/C22H22ClN3O6/c1-15(27)25-11-9-22(10-12-25,16-5-3-2-4-6-16)21(29)32-14-20(28)24-19-8-7-17(26(30)31)13-18(19)23/h2-8,13H,9-12,14H2,1H3,(H,24,28). The van der Waals surface area contributed by atoms with Crippen molar-refractivity contribution in [3.63, 3.8) is 0 Å². The lowest BCUT2D eigenvalue weighted by atomic mass is 9.72. The molecule has 9 nitrogen and oxygen atoms in total. The van der Waals surface area contributed by atoms with Crippen LogP contribution in [-0.2, 0) is 24.5 Å². The van der Waals surface area contributed by atoms with Crippen LogP contribution in [0.1, 0.15) is 25.3 Å². The molecule has 0 spiro atoms. The minimum atomic E-state index is -0.960. The Labute approximate surface area is 189 Å². The van der Waals surface area contributed by atoms with E-state index >= 15 is 0 Å². The lowest BCUT2D eigenvalue weighted by molar-refractivity contribution is -0.384. The molecule has 32 heavy (non-hydrogen) atoms. The summed E-state index contributed by atoms with van der Waals surface area (Å²) < 4.78 is 5.37. The first kappa shape index (κ1) is 23.2. The zero-order chi connectivity index (χ0) is 23.3. The van der Waals surface area contributed by atoms with E-state index in [2.05, 4.69) is 5.32 Å². The van der Waals surface area contributed by atoms with E-state index in [4.69, 9.17) is 16.3 Å². The van der Waals surface area contributed by atoms with Crippen molar-refractivity contribution in [3.8, 4) is 0 Å². The fraction of sp³-hybridized carbons (Fsp3) is 0.318. The number of nitrogens with one attached hydrogen (secondary N) is 1. The topological polar surface area (TPSA) is 119 Å². The minimum Gasteiger partial charge on any atom is -0.455 e. The van der Waals surface area contributed by atoms with E-state index in [1.807, 2.05) is 30.3 Å². The molecule has 0 aliphatic carbocycles. The van der Waals surface area contributed by atoms with Crippen LogP contribution in [0.4, 0.5) is 11.4 Å². The molecule has 2 amide bonds. The maximum absolute atomic E-state index is 13.1. The van der Waals surface area contributed by atoms with Gasteiger partial charge in [-0.3, -0.25) is 24.5 Å². The third kappa shape index (κ3) is 5.05. The van der Waals surface area contributed by atoms with Crippen LogP contribution in [0.25, 0.3) is 0 Å². The highest BCUT2D eigenvalue weighted by atomic mass is 35.5. The van der Waals surface area contributed by atoms with Gasteiger partial charge in [0.25, 0.3) is 11.6 Å². The molecule has 10 heteroatoms. The SMILES string of the molecule is CC(=O)N1CCC(C(=O)OCC(=O)Nc2ccc([N+](=O)[O-])cc2Cl)(c2ccccc2)CC1. The predicted octanol–water partition coefficient (Wildman–Crippen LogP) is 3.31. The number of nitrogens with zero attached hydrogens (tertiary/aromatic N) is 2. The predicted molar refractivity (Wildman–Crippen MR) is 117 cm³/mol. The number of anilines is 1. The second-order valence-electron chi connectivity index (χ2n) is 7.50. The molecular weight excluding hydrogens is 438 g/mol. The molecule has 0 atom stereocenters. The van der Waals surface area contributed by atoms with Gasteiger partial charge in [0.2, 0.25) is 5.91 Å². The average Bonchev–Trinajstić information content (AvgIpc) is 2.79. The molecule has 2 aromatic carbocycles. The number of hydrogen-bond acceptors (Lipinski definition) is 6. The number of esters is 1. The Bertz CT molecular complexity index is 1040. The van der Waals surface area contributed by atoms with E-state index < -0.39 is 28.8 Å². The molecule has 3 rings (SSSR count). The van der Waals surface area contributed by atoms with Crippen molar-refractivity contribution in [1.82, 2.24) is 4.90 Å². The van der Waals surface area contributed by atoms with Gasteiger partial charge in [0.15, 0.2) is 6.61 Å². The van der Waals surface area contributed by atoms with Crippen LogP contribution in [0.2, 0.25) is 5.02 Å². The summed E-state index contributed by atoms with van der Waals surface area (Å²) in [6.07, 6.45) is 0.760. The van der Waals surface area contributed by atoms with Crippen LogP contribution >= 0.6 is 11.6 Å². The van der Waals surface area contributed by atoms with Crippen molar-refractivity contribution in [3.05, 3.63) is 69.2 Å². The number of hydrogen-bond donors (Lipinski definition) is 1. The molecule has 168 valence electrons. The molecule has 1 fully saturated rings. The monoisotopic (exact) mass is 459 g/mol. The van der Waals surface area contributed by atoms with E-state index in [9.17, 15) is 24.5 Å². The van der Waals surface area contributed by atoms with E-state index in [-0.39, 0.29) is 22.3 Å². The lowest BCUT2D eigenvalue weighted by Crippen LogP contribution is -2.49. The fourth-order valence-corrected chi connectivity index (χ4v) is 3.97. The normalized spacial score (nSPS) is 15.0. The van der Waals surface area contributed by atoms with Gasteiger partial charge < -0.3 is 15.0 Å². The number of carbonyl (C=O) groups excluding carboxylic acids is 3. The Kier molecular flexibility index (Phi) is 7.09. The molecule has 0 unspecified atom stereocenters. The number of benzene rings is 2. The first-order valence-corrected chi connectivity index (χ1v) is 10.3. The van der Waals surface area contributed by atoms with E-state index in [1.54, 1.807) is 4.90 Å². The summed E-state index contributed by atoms with van der Waals surface area (Å²) in [5, 5.41) is 13.3. The smallest absolute Gasteiger partial charge is 0.317 e. The summed E-state index contributed by atoms with van der Waals surface area (Å²) in [6, 6.07) is 12.8. The molecule has 1 saturated heterocycles. The fourth-order valence-electron chi connectivity index (χ4n) is 3.75. The van der Waals surface area contributed by atoms with Crippen LogP contribution in [0, 0.1) is 10.1 Å². The number of halogens is 1. The van der Waals surface area contributed by atoms with Crippen molar-refractivity contribution in [1.29, 1.82) is 0 Å². The molecule has 1 N–H and O–H groups in total. The number of non-ortho nitro benzene ring substituents is 1. The van der Waals surface area contributed by atoms with Crippen molar-refractivity contribution >= 4 is 40.8 Å². The summed E-state index contributed by atoms with van der Waals surface area (Å²) in [5.74, 6) is -1.23. The summed E-state index contributed by atoms with van der Waals surface area (Å²) in [6.45, 7) is 1.76. The zero-order valence-electron chi connectivity index (χ0n) is 17.4. The Balaban J connectivity index is 1.69. The molecule has 1 aliphatic rings. The maximum atomic E-state index is 13.1. The van der Waals surface area contributed by atoms with Gasteiger partial charge in [0, 0.05) is 32.1 Å². The van der Waals surface area contributed by atoms with Crippen LogP contribution in [-0.4, -0.2) is 47.3 Å². The average molecular weight is 460 g/mol. The molecule has 0 aromatic heterocycles. The van der Waals surface area contributed by atoms with Gasteiger partial charge in [-0.15, -0.1) is 0 Å². The Morgan fingerprint density at radius 1 is 1.16 bits per heavy atom. The van der Waals surface area contributed by atoms with Gasteiger partial charge in [0.1, 0.15) is 0 Å². The van der Waals surface area contributed by atoms with E-state index in [0.29, 0.717) is 25.9 Å². The van der Waals surface area contributed by atoms with Gasteiger partial charge in [-0.05, 0) is 24.5 Å². The third-order valence-corrected chi connectivity index (χ3v) is 5.86. The molecule has 1 heterocycles. The number of rotatable bonds is 6. The zero-order valence-corrected chi connectivity index (χ0v) is 18.1. The largest absolute Gasteiger partial charge is 0.455 e. The highest BCUT2D eigenvalue weighted by Gasteiger charge is 2.44. The maximum Gasteiger partial charge on any atom is 0.317 e. The number of carbonyl (C=O) groups is 3. The second-order valence-corrected chi connectivity index (χ2v) is 7.91. The van der Waals surface area contributed by atoms with Crippen LogP contribution in [0.3, 0.4) is 0 Å². The van der Waals surface area contributed by atoms with Gasteiger partial charge >= 0.3 is 5.97 Å². The highest BCUT2D eigenvalue weighted by Crippen LogP contribution is 2.37. The Morgan fingerprint density at radius 2 is 1.81 bits per heavy atom. The molecule has 0 radical (unpaired) electrons. The van der Waals surface area contributed by atoms with Gasteiger partial charge in [0.05, 0.1) is 21.0 Å². The Morgan fingerprint density at radius 3 is 2.38 bits per heavy atom. The number of nitro benzene ring substituents is 1. The van der Waals surface area contributed by atoms with Crippen molar-refractivity contribution in [2.75, 3.05) is 25.0 Å². The van der Waals surface area contributed by atoms with Gasteiger partial charge in [-0.2, -0.15) is 0 Å². The lowest BCUT2D eigenvalue weighted by Gasteiger charge is -2.40. The number of likely N-dealkylation sites (tertiary alicyclic amines) is 1. The summed E-state index contributed by atoms with van der Waals surface area (Å²) >= 11 is 5.98. The summed E-state index contributed by atoms with van der Waals surface area (Å²) in [7, 11) is 0. The molecule has 0 saturated carbocycles. The summed E-state index contributed by atoms with van der Waals surface area (Å²) in [5.41, 5.74) is -0.225. The molecule has 1 aliphatic heterocycles. The summed E-state index contributed by atoms with van der Waals surface area (Å²) in [4.78, 5) is 49.0. The molecule has 2 aromatic rings. The first-order chi connectivity index (χ1) is 15.2. The van der Waals surface area contributed by atoms with Crippen molar-refractivity contribution in [2.45, 2.75) is 25.2 Å². The van der Waals surface area contributed by atoms with Crippen LogP contribution < -0.4 is 5.32 Å². The number of ether oxygens (including phenoxy) is 1. The number of nitro groups is 1. The highest BCUT2D eigenvalue weighted by molar-refractivity contribution is 6.34. The van der Waals surface area contributed by atoms with E-state index in [0.717, 1.165) is 11.6 Å². The number of amides is 2. The number of piperidine rings is 1. The first-order valence-electron chi connectivity index (χ1n) is 9.95. The van der Waals surface area contributed by atoms with E-state index in [1.165, 1.54) is 19.1 Å². The van der Waals surface area contributed by atoms with Crippen molar-refractivity contribution in [2.24, 2.45) is 0 Å². The van der Waals surface area contributed by atoms with Gasteiger partial charge in [-0.25, -0.2) is 0 Å². The third-order valence-electron chi connectivity index (χ3n) is 5.55. The minimum absolute atomic E-state index is 0.00348. The quantitative estimate of drug-likeness (QED) is 0.402. The second kappa shape index (κ2) is 9.78. The Hall–Kier alpha value is -3.46. The van der Waals surface area contributed by atoms with Crippen LogP contribution in [0.5, 0.6) is 0 Å². The van der Waals surface area contributed by atoms with Crippen LogP contribution in [0.15, 0.2) is 48.5 Å².